The lowest BCUT2D eigenvalue weighted by Gasteiger charge is -2.16. The zero-order chi connectivity index (χ0) is 16.5. The van der Waals surface area contributed by atoms with Crippen molar-refractivity contribution in [3.05, 3.63) is 35.9 Å². The molecule has 0 aliphatic heterocycles. The fraction of sp³-hybridized carbons (Fsp3) is 0.562. The van der Waals surface area contributed by atoms with Crippen molar-refractivity contribution < 1.29 is 23.1 Å². The summed E-state index contributed by atoms with van der Waals surface area (Å²) in [6.45, 7) is 6.36. The van der Waals surface area contributed by atoms with Crippen LogP contribution >= 0.6 is 0 Å². The highest BCUT2D eigenvalue weighted by molar-refractivity contribution is 5.66. The average Bonchev–Trinajstić information content (AvgIpc) is 2.26. The second-order valence-corrected chi connectivity index (χ2v) is 6.09. The van der Waals surface area contributed by atoms with E-state index in [4.69, 9.17) is 5.11 Å². The molecule has 0 aliphatic carbocycles. The normalized spacial score (nSPS) is 11.5. The van der Waals surface area contributed by atoms with Gasteiger partial charge in [-0.2, -0.15) is 13.2 Å². The van der Waals surface area contributed by atoms with Crippen LogP contribution < -0.4 is 0 Å². The Balaban J connectivity index is 0.000000384. The maximum Gasteiger partial charge on any atom is 0.393 e. The fourth-order valence-corrected chi connectivity index (χ4v) is 1.60. The third-order valence-corrected chi connectivity index (χ3v) is 2.56. The second kappa shape index (κ2) is 8.70. The molecule has 0 amide bonds. The van der Waals surface area contributed by atoms with Gasteiger partial charge >= 0.3 is 12.1 Å². The molecule has 0 fully saturated rings. The Morgan fingerprint density at radius 1 is 1.10 bits per heavy atom. The van der Waals surface area contributed by atoms with Crippen LogP contribution in [0.3, 0.4) is 0 Å². The highest BCUT2D eigenvalue weighted by Crippen LogP contribution is 2.21. The van der Waals surface area contributed by atoms with Crippen molar-refractivity contribution in [3.63, 3.8) is 0 Å². The fourth-order valence-electron chi connectivity index (χ4n) is 1.60. The van der Waals surface area contributed by atoms with E-state index >= 15 is 0 Å². The molecule has 2 nitrogen and oxygen atoms in total. The van der Waals surface area contributed by atoms with E-state index in [1.54, 1.807) is 18.2 Å². The summed E-state index contributed by atoms with van der Waals surface area (Å²) in [6, 6.07) is 7.82. The predicted octanol–water partition coefficient (Wildman–Crippen LogP) is 5.08. The van der Waals surface area contributed by atoms with Gasteiger partial charge in [0.05, 0.1) is 6.42 Å². The van der Waals surface area contributed by atoms with E-state index in [0.717, 1.165) is 12.8 Å². The Labute approximate surface area is 124 Å². The van der Waals surface area contributed by atoms with Gasteiger partial charge in [-0.3, -0.25) is 4.79 Å². The van der Waals surface area contributed by atoms with E-state index in [2.05, 4.69) is 20.8 Å². The number of halogens is 3. The SMILES string of the molecule is CC(C)(C)CCCC(=O)O.FC(F)(F)Cc1ccccc1. The third kappa shape index (κ3) is 14.7. The molecule has 1 rings (SSSR count). The van der Waals surface area contributed by atoms with Gasteiger partial charge in [0.25, 0.3) is 0 Å². The van der Waals surface area contributed by atoms with E-state index < -0.39 is 18.6 Å². The number of carbonyl (C=O) groups is 1. The summed E-state index contributed by atoms with van der Waals surface area (Å²) < 4.78 is 35.2. The minimum atomic E-state index is -4.10. The van der Waals surface area contributed by atoms with Gasteiger partial charge in [0.15, 0.2) is 0 Å². The first-order valence-corrected chi connectivity index (χ1v) is 6.82. The highest BCUT2D eigenvalue weighted by Gasteiger charge is 2.27. The number of benzene rings is 1. The van der Waals surface area contributed by atoms with E-state index in [-0.39, 0.29) is 5.41 Å². The summed E-state index contributed by atoms with van der Waals surface area (Å²) in [5, 5.41) is 8.31. The topological polar surface area (TPSA) is 37.3 Å². The molecule has 21 heavy (non-hydrogen) atoms. The number of alkyl halides is 3. The van der Waals surface area contributed by atoms with Crippen LogP contribution in [0.25, 0.3) is 0 Å². The zero-order valence-electron chi connectivity index (χ0n) is 12.7. The van der Waals surface area contributed by atoms with Gasteiger partial charge in [0.1, 0.15) is 0 Å². The molecule has 0 spiro atoms. The lowest BCUT2D eigenvalue weighted by atomic mass is 9.90. The Bertz CT molecular complexity index is 406. The Morgan fingerprint density at radius 2 is 1.62 bits per heavy atom. The summed E-state index contributed by atoms with van der Waals surface area (Å²) in [7, 11) is 0. The van der Waals surface area contributed by atoms with Crippen LogP contribution in [-0.2, 0) is 11.2 Å². The number of aliphatic carboxylic acids is 1. The van der Waals surface area contributed by atoms with Crippen LogP contribution in [0.15, 0.2) is 30.3 Å². The van der Waals surface area contributed by atoms with Crippen molar-refractivity contribution in [2.24, 2.45) is 5.41 Å². The first-order valence-electron chi connectivity index (χ1n) is 6.82. The molecular weight excluding hydrogens is 281 g/mol. The second-order valence-electron chi connectivity index (χ2n) is 6.09. The van der Waals surface area contributed by atoms with Gasteiger partial charge < -0.3 is 5.11 Å². The molecule has 0 radical (unpaired) electrons. The quantitative estimate of drug-likeness (QED) is 0.842. The van der Waals surface area contributed by atoms with Crippen LogP contribution in [0, 0.1) is 5.41 Å². The van der Waals surface area contributed by atoms with Gasteiger partial charge in [0.2, 0.25) is 0 Å². The lowest BCUT2D eigenvalue weighted by molar-refractivity contribution is -0.137. The molecule has 120 valence electrons. The first-order chi connectivity index (χ1) is 9.49. The molecule has 0 bridgehead atoms. The molecule has 1 N–H and O–H groups in total. The smallest absolute Gasteiger partial charge is 0.393 e. The van der Waals surface area contributed by atoms with Crippen molar-refractivity contribution in [1.82, 2.24) is 0 Å². The van der Waals surface area contributed by atoms with Gasteiger partial charge in [-0.05, 0) is 23.8 Å². The zero-order valence-corrected chi connectivity index (χ0v) is 12.7. The van der Waals surface area contributed by atoms with Gasteiger partial charge in [0, 0.05) is 6.42 Å². The molecule has 0 unspecified atom stereocenters. The monoisotopic (exact) mass is 304 g/mol. The predicted molar refractivity (Wildman–Crippen MR) is 77.1 cm³/mol. The molecule has 0 saturated heterocycles. The third-order valence-electron chi connectivity index (χ3n) is 2.56. The van der Waals surface area contributed by atoms with Crippen molar-refractivity contribution in [3.8, 4) is 0 Å². The number of hydrogen-bond acceptors (Lipinski definition) is 1. The highest BCUT2D eigenvalue weighted by atomic mass is 19.4. The summed E-state index contributed by atoms with van der Waals surface area (Å²) in [6.07, 6.45) is -2.86. The van der Waals surface area contributed by atoms with Crippen LogP contribution in [0.1, 0.15) is 45.6 Å². The van der Waals surface area contributed by atoms with Crippen molar-refractivity contribution in [1.29, 1.82) is 0 Å². The van der Waals surface area contributed by atoms with Crippen molar-refractivity contribution in [2.75, 3.05) is 0 Å². The molecule has 0 heterocycles. The maximum absolute atomic E-state index is 11.7. The largest absolute Gasteiger partial charge is 0.481 e. The van der Waals surface area contributed by atoms with Crippen LogP contribution in [0.4, 0.5) is 13.2 Å². The minimum absolute atomic E-state index is 0.273. The molecule has 0 atom stereocenters. The summed E-state index contributed by atoms with van der Waals surface area (Å²) in [5.74, 6) is -0.691. The summed E-state index contributed by atoms with van der Waals surface area (Å²) in [5.41, 5.74) is 0.579. The van der Waals surface area contributed by atoms with Gasteiger partial charge in [-0.25, -0.2) is 0 Å². The number of carboxylic acid groups (broad SMARTS) is 1. The number of carboxylic acids is 1. The van der Waals surface area contributed by atoms with Gasteiger partial charge in [-0.1, -0.05) is 51.1 Å². The van der Waals surface area contributed by atoms with E-state index in [9.17, 15) is 18.0 Å². The van der Waals surface area contributed by atoms with Crippen molar-refractivity contribution >= 4 is 5.97 Å². The first kappa shape index (κ1) is 19.5. The van der Waals surface area contributed by atoms with E-state index in [1.165, 1.54) is 12.1 Å². The maximum atomic E-state index is 11.7. The average molecular weight is 304 g/mol. The molecule has 0 aromatic heterocycles. The van der Waals surface area contributed by atoms with Crippen LogP contribution in [0.2, 0.25) is 0 Å². The summed E-state index contributed by atoms with van der Waals surface area (Å²) >= 11 is 0. The molecule has 0 aliphatic rings. The molecule has 1 aromatic carbocycles. The van der Waals surface area contributed by atoms with Gasteiger partial charge in [-0.15, -0.1) is 0 Å². The van der Waals surface area contributed by atoms with Crippen LogP contribution in [0.5, 0.6) is 0 Å². The number of rotatable bonds is 4. The molecular formula is C16H23F3O2. The number of hydrogen-bond donors (Lipinski definition) is 1. The standard InChI is InChI=1S/C8H7F3.C8H16O2/c9-8(10,11)6-7-4-2-1-3-5-7;1-8(2,3)6-4-5-7(9)10/h1-5H,6H2;4-6H2,1-3H3,(H,9,10). The Kier molecular flexibility index (Phi) is 8.07. The lowest BCUT2D eigenvalue weighted by Crippen LogP contribution is -2.11. The van der Waals surface area contributed by atoms with E-state index in [1.807, 2.05) is 0 Å². The Hall–Kier alpha value is -1.52. The van der Waals surface area contributed by atoms with Crippen molar-refractivity contribution in [2.45, 2.75) is 52.6 Å². The molecule has 1 aromatic rings. The minimum Gasteiger partial charge on any atom is -0.481 e. The molecule has 0 saturated carbocycles. The van der Waals surface area contributed by atoms with Crippen LogP contribution in [-0.4, -0.2) is 17.3 Å². The Morgan fingerprint density at radius 3 is 2.00 bits per heavy atom. The van der Waals surface area contributed by atoms with E-state index in [0.29, 0.717) is 12.0 Å². The summed E-state index contributed by atoms with van der Waals surface area (Å²) in [4.78, 5) is 10.1. The molecule has 5 heteroatoms.